The second-order valence-corrected chi connectivity index (χ2v) is 9.20. The normalized spacial score (nSPS) is 53.2. The van der Waals surface area contributed by atoms with Gasteiger partial charge in [0.1, 0.15) is 5.60 Å². The first kappa shape index (κ1) is 17.4. The molecule has 2 fully saturated rings. The van der Waals surface area contributed by atoms with E-state index in [1.54, 1.807) is 13.8 Å². The number of carbonyl (C=O) groups is 1. The lowest BCUT2D eigenvalue weighted by Gasteiger charge is -2.50. The van der Waals surface area contributed by atoms with Gasteiger partial charge < -0.3 is 20.4 Å². The standard InChI is InChI=1S/C20H28O5/c1-9-5-13-12(15(9)22)6-11(8-21)7-14-16-18(3,4)20(16,25)17(23)10(2)19(13,14)24/h5,7,10,12-14,16-17,21,23-25H,6,8H2,1-4H3/t10-,12-,13+,14+,16-,17-,19+,20-/m1/s1. The van der Waals surface area contributed by atoms with Gasteiger partial charge in [-0.15, -0.1) is 0 Å². The molecule has 2 saturated carbocycles. The molecule has 0 heterocycles. The maximum absolute atomic E-state index is 12.6. The molecule has 4 aliphatic rings. The fourth-order valence-corrected chi connectivity index (χ4v) is 6.38. The number of ketones is 1. The van der Waals surface area contributed by atoms with E-state index in [-0.39, 0.29) is 18.3 Å². The molecule has 4 N–H and O–H groups in total. The Balaban J connectivity index is 1.91. The molecule has 0 unspecified atom stereocenters. The molecule has 0 spiro atoms. The van der Waals surface area contributed by atoms with Gasteiger partial charge in [-0.25, -0.2) is 0 Å². The fourth-order valence-electron chi connectivity index (χ4n) is 6.38. The van der Waals surface area contributed by atoms with E-state index >= 15 is 0 Å². The zero-order valence-corrected chi connectivity index (χ0v) is 15.2. The summed E-state index contributed by atoms with van der Waals surface area (Å²) in [7, 11) is 0. The van der Waals surface area contributed by atoms with Gasteiger partial charge in [-0.2, -0.15) is 0 Å². The second-order valence-electron chi connectivity index (χ2n) is 9.20. The van der Waals surface area contributed by atoms with Crippen molar-refractivity contribution in [2.24, 2.45) is 35.0 Å². The zero-order chi connectivity index (χ0) is 18.5. The van der Waals surface area contributed by atoms with E-state index < -0.39 is 46.4 Å². The zero-order valence-electron chi connectivity index (χ0n) is 15.2. The van der Waals surface area contributed by atoms with Crippen LogP contribution < -0.4 is 0 Å². The number of allylic oxidation sites excluding steroid dienone is 1. The van der Waals surface area contributed by atoms with E-state index in [9.17, 15) is 25.2 Å². The summed E-state index contributed by atoms with van der Waals surface area (Å²) < 4.78 is 0. The van der Waals surface area contributed by atoms with Crippen LogP contribution in [0.25, 0.3) is 0 Å². The number of carbonyl (C=O) groups excluding carboxylic acids is 1. The Morgan fingerprint density at radius 1 is 1.20 bits per heavy atom. The van der Waals surface area contributed by atoms with Crippen molar-refractivity contribution < 1.29 is 25.2 Å². The molecule has 0 aromatic rings. The van der Waals surface area contributed by atoms with Crippen molar-refractivity contribution in [1.82, 2.24) is 0 Å². The first-order valence-corrected chi connectivity index (χ1v) is 9.18. The first-order valence-electron chi connectivity index (χ1n) is 9.18. The van der Waals surface area contributed by atoms with Gasteiger partial charge in [-0.1, -0.05) is 32.9 Å². The summed E-state index contributed by atoms with van der Waals surface area (Å²) in [6.45, 7) is 7.19. The Morgan fingerprint density at radius 3 is 2.44 bits per heavy atom. The third-order valence-electron chi connectivity index (χ3n) is 7.97. The molecule has 0 aromatic carbocycles. The molecule has 0 aromatic heterocycles. The van der Waals surface area contributed by atoms with Gasteiger partial charge in [0.25, 0.3) is 0 Å². The molecule has 0 amide bonds. The van der Waals surface area contributed by atoms with Crippen LogP contribution in [-0.4, -0.2) is 50.1 Å². The van der Waals surface area contributed by atoms with E-state index in [0.29, 0.717) is 12.0 Å². The predicted octanol–water partition coefficient (Wildman–Crippen LogP) is 0.815. The highest BCUT2D eigenvalue weighted by atomic mass is 16.4. The summed E-state index contributed by atoms with van der Waals surface area (Å²) in [5, 5.41) is 43.7. The third kappa shape index (κ3) is 1.75. The number of Topliss-reactive ketones (excluding diaryl/α,β-unsaturated/α-hetero) is 1. The van der Waals surface area contributed by atoms with Crippen LogP contribution in [0.3, 0.4) is 0 Å². The highest BCUT2D eigenvalue weighted by Crippen LogP contribution is 2.74. The van der Waals surface area contributed by atoms with E-state index in [1.807, 2.05) is 26.0 Å². The SMILES string of the molecule is CC1=C[C@H]2[C@@H](CC(CO)=C[C@H]3[C@@H]4C(C)(C)[C@]4(O)[C@H](O)[C@@H](C)[C@@]32O)C1=O. The van der Waals surface area contributed by atoms with Crippen LogP contribution in [0.15, 0.2) is 23.3 Å². The van der Waals surface area contributed by atoms with Crippen molar-refractivity contribution in [3.8, 4) is 0 Å². The highest BCUT2D eigenvalue weighted by Gasteiger charge is 2.83. The molecule has 25 heavy (non-hydrogen) atoms. The molecule has 5 nitrogen and oxygen atoms in total. The minimum absolute atomic E-state index is 0.0102. The van der Waals surface area contributed by atoms with Crippen LogP contribution in [0.5, 0.6) is 0 Å². The summed E-state index contributed by atoms with van der Waals surface area (Å²) in [5.74, 6) is -2.10. The average Bonchev–Trinajstić information content (AvgIpc) is 2.92. The van der Waals surface area contributed by atoms with Crippen molar-refractivity contribution in [1.29, 1.82) is 0 Å². The van der Waals surface area contributed by atoms with Gasteiger partial charge in [0.2, 0.25) is 0 Å². The van der Waals surface area contributed by atoms with Gasteiger partial charge in [-0.3, -0.25) is 4.79 Å². The predicted molar refractivity (Wildman–Crippen MR) is 91.4 cm³/mol. The number of hydrogen-bond donors (Lipinski definition) is 4. The molecular weight excluding hydrogens is 320 g/mol. The van der Waals surface area contributed by atoms with Crippen molar-refractivity contribution in [2.45, 2.75) is 51.4 Å². The maximum atomic E-state index is 12.6. The van der Waals surface area contributed by atoms with Gasteiger partial charge in [0.15, 0.2) is 5.78 Å². The molecule has 0 saturated heterocycles. The Kier molecular flexibility index (Phi) is 3.36. The molecule has 4 rings (SSSR count). The van der Waals surface area contributed by atoms with E-state index in [2.05, 4.69) is 0 Å². The van der Waals surface area contributed by atoms with Gasteiger partial charge >= 0.3 is 0 Å². The highest BCUT2D eigenvalue weighted by molar-refractivity contribution is 5.99. The van der Waals surface area contributed by atoms with Crippen LogP contribution in [0.2, 0.25) is 0 Å². The summed E-state index contributed by atoms with van der Waals surface area (Å²) in [5.41, 5.74) is -1.73. The summed E-state index contributed by atoms with van der Waals surface area (Å²) in [4.78, 5) is 12.6. The molecule has 8 atom stereocenters. The molecule has 0 radical (unpaired) electrons. The largest absolute Gasteiger partial charge is 0.392 e. The third-order valence-corrected chi connectivity index (χ3v) is 7.97. The topological polar surface area (TPSA) is 98.0 Å². The first-order chi connectivity index (χ1) is 11.5. The number of aliphatic hydroxyl groups is 4. The van der Waals surface area contributed by atoms with E-state index in [4.69, 9.17) is 0 Å². The quantitative estimate of drug-likeness (QED) is 0.526. The van der Waals surface area contributed by atoms with Crippen LogP contribution in [0.1, 0.15) is 34.1 Å². The number of aliphatic hydroxyl groups excluding tert-OH is 2. The van der Waals surface area contributed by atoms with Crippen molar-refractivity contribution in [2.75, 3.05) is 6.61 Å². The van der Waals surface area contributed by atoms with Crippen molar-refractivity contribution >= 4 is 5.78 Å². The Labute approximate surface area is 148 Å². The van der Waals surface area contributed by atoms with Gasteiger partial charge in [0, 0.05) is 35.0 Å². The fraction of sp³-hybridized carbons (Fsp3) is 0.750. The molecule has 138 valence electrons. The van der Waals surface area contributed by atoms with Gasteiger partial charge in [-0.05, 0) is 24.5 Å². The van der Waals surface area contributed by atoms with Crippen LogP contribution in [0, 0.1) is 35.0 Å². The molecular formula is C20H28O5. The summed E-state index contributed by atoms with van der Waals surface area (Å²) >= 11 is 0. The maximum Gasteiger partial charge on any atom is 0.162 e. The Morgan fingerprint density at radius 2 is 1.84 bits per heavy atom. The summed E-state index contributed by atoms with van der Waals surface area (Å²) in [6.07, 6.45) is 3.09. The monoisotopic (exact) mass is 348 g/mol. The van der Waals surface area contributed by atoms with Crippen LogP contribution in [-0.2, 0) is 4.79 Å². The van der Waals surface area contributed by atoms with E-state index in [1.165, 1.54) is 0 Å². The molecule has 4 aliphatic carbocycles. The second kappa shape index (κ2) is 4.83. The minimum atomic E-state index is -1.32. The lowest BCUT2D eigenvalue weighted by atomic mass is 9.60. The average molecular weight is 348 g/mol. The lowest BCUT2D eigenvalue weighted by molar-refractivity contribution is -0.192. The Bertz CT molecular complexity index is 707. The molecule has 5 heteroatoms. The molecule has 0 bridgehead atoms. The summed E-state index contributed by atoms with van der Waals surface area (Å²) in [6, 6.07) is 0. The van der Waals surface area contributed by atoms with Crippen LogP contribution >= 0.6 is 0 Å². The molecule has 0 aliphatic heterocycles. The van der Waals surface area contributed by atoms with Crippen molar-refractivity contribution in [3.05, 3.63) is 23.3 Å². The Hall–Kier alpha value is -1.01. The van der Waals surface area contributed by atoms with E-state index in [0.717, 1.165) is 5.57 Å². The minimum Gasteiger partial charge on any atom is -0.392 e. The number of hydrogen-bond acceptors (Lipinski definition) is 5. The number of fused-ring (bicyclic) bond motifs is 5. The lowest BCUT2D eigenvalue weighted by Crippen LogP contribution is -2.62. The smallest absolute Gasteiger partial charge is 0.162 e. The van der Waals surface area contributed by atoms with Crippen LogP contribution in [0.4, 0.5) is 0 Å². The van der Waals surface area contributed by atoms with Gasteiger partial charge in [0.05, 0.1) is 18.3 Å². The number of rotatable bonds is 1. The van der Waals surface area contributed by atoms with Crippen molar-refractivity contribution in [3.63, 3.8) is 0 Å².